The molecule has 0 unspecified atom stereocenters. The van der Waals surface area contributed by atoms with Gasteiger partial charge in [-0.25, -0.2) is 0 Å². The second kappa shape index (κ2) is 17.4. The summed E-state index contributed by atoms with van der Waals surface area (Å²) in [7, 11) is 1.43. The van der Waals surface area contributed by atoms with Crippen LogP contribution in [0.1, 0.15) is 58.3 Å². The van der Waals surface area contributed by atoms with Crippen molar-refractivity contribution in [1.82, 2.24) is 21.3 Å². The summed E-state index contributed by atoms with van der Waals surface area (Å²) in [5.41, 5.74) is 10.2. The third-order valence-corrected chi connectivity index (χ3v) is 5.39. The molecule has 0 aromatic rings. The zero-order chi connectivity index (χ0) is 29.4. The van der Waals surface area contributed by atoms with Gasteiger partial charge in [0.05, 0.1) is 12.1 Å². The van der Waals surface area contributed by atoms with Crippen molar-refractivity contribution < 1.29 is 48.6 Å². The van der Waals surface area contributed by atoms with E-state index in [1.165, 1.54) is 7.05 Å². The van der Waals surface area contributed by atoms with E-state index in [0.29, 0.717) is 0 Å². The van der Waals surface area contributed by atoms with Crippen molar-refractivity contribution in [2.24, 2.45) is 11.5 Å². The van der Waals surface area contributed by atoms with Gasteiger partial charge in [-0.05, 0) is 39.7 Å². The van der Waals surface area contributed by atoms with E-state index in [4.69, 9.17) is 21.7 Å². The van der Waals surface area contributed by atoms with Gasteiger partial charge < -0.3 is 42.9 Å². The first kappa shape index (κ1) is 33.9. The van der Waals surface area contributed by atoms with Crippen molar-refractivity contribution in [3.05, 3.63) is 0 Å². The van der Waals surface area contributed by atoms with Crippen LogP contribution in [0.2, 0.25) is 0 Å². The van der Waals surface area contributed by atoms with Gasteiger partial charge in [0.2, 0.25) is 29.5 Å². The van der Waals surface area contributed by atoms with Crippen molar-refractivity contribution in [3.8, 4) is 0 Å². The summed E-state index contributed by atoms with van der Waals surface area (Å²) in [6, 6.07) is -4.98. The molecule has 0 rings (SSSR count). The molecule has 0 aliphatic carbocycles. The fourth-order valence-electron chi connectivity index (χ4n) is 3.25. The number of amides is 5. The molecule has 4 atom stereocenters. The van der Waals surface area contributed by atoms with Crippen LogP contribution in [-0.4, -0.2) is 88.7 Å². The molecule has 0 fully saturated rings. The fourth-order valence-corrected chi connectivity index (χ4v) is 3.25. The second-order valence-electron chi connectivity index (χ2n) is 8.51. The second-order valence-corrected chi connectivity index (χ2v) is 8.51. The van der Waals surface area contributed by atoms with Crippen LogP contribution < -0.4 is 32.7 Å². The largest absolute Gasteiger partial charge is 0.481 e. The number of carbonyl (C=O) groups is 8. The van der Waals surface area contributed by atoms with Crippen molar-refractivity contribution in [2.45, 2.75) is 82.5 Å². The number of hydrogen-bond acceptors (Lipinski definition) is 9. The summed E-state index contributed by atoms with van der Waals surface area (Å²) in [5, 5.41) is 27.6. The molecule has 0 radical (unpaired) electrons. The highest BCUT2D eigenvalue weighted by Crippen LogP contribution is 2.07. The van der Waals surface area contributed by atoms with E-state index in [2.05, 4.69) is 21.3 Å². The van der Waals surface area contributed by atoms with E-state index in [-0.39, 0.29) is 38.5 Å². The molecule has 214 valence electrons. The number of hydrogen-bond donors (Lipinski definition) is 8. The van der Waals surface area contributed by atoms with Crippen molar-refractivity contribution in [3.63, 3.8) is 0 Å². The van der Waals surface area contributed by atoms with Crippen LogP contribution in [0.4, 0.5) is 0 Å². The van der Waals surface area contributed by atoms with Crippen LogP contribution >= 0.6 is 0 Å². The predicted octanol–water partition coefficient (Wildman–Crippen LogP) is -3.12. The number of nitrogens with two attached hydrogens (primary N) is 2. The Kier molecular flexibility index (Phi) is 15.5. The maximum Gasteiger partial charge on any atom is 0.303 e. The van der Waals surface area contributed by atoms with E-state index < -0.39 is 84.3 Å². The van der Waals surface area contributed by atoms with Crippen LogP contribution in [-0.2, 0) is 38.4 Å². The number of likely N-dealkylation sites (N-methyl/N-ethyl adjacent to an activating group) is 1. The summed E-state index contributed by atoms with van der Waals surface area (Å²) >= 11 is 0. The molecule has 0 aliphatic heterocycles. The number of aliphatic carboxylic acids is 2. The Balaban J connectivity index is 5.73. The molecule has 5 amide bonds. The smallest absolute Gasteiger partial charge is 0.303 e. The third-order valence-electron chi connectivity index (χ3n) is 5.39. The molecule has 0 saturated heterocycles. The van der Waals surface area contributed by atoms with Gasteiger partial charge >= 0.3 is 11.9 Å². The lowest BCUT2D eigenvalue weighted by atomic mass is 10.0. The average molecular weight is 545 g/mol. The Labute approximate surface area is 218 Å². The predicted molar refractivity (Wildman–Crippen MR) is 130 cm³/mol. The van der Waals surface area contributed by atoms with E-state index in [1.807, 2.05) is 0 Å². The molecule has 0 aliphatic rings. The first-order chi connectivity index (χ1) is 17.7. The Morgan fingerprint density at radius 3 is 1.24 bits per heavy atom. The molecule has 0 spiro atoms. The van der Waals surface area contributed by atoms with Gasteiger partial charge in [0.25, 0.3) is 0 Å². The molecule has 38 heavy (non-hydrogen) atoms. The van der Waals surface area contributed by atoms with Gasteiger partial charge in [-0.15, -0.1) is 0 Å². The van der Waals surface area contributed by atoms with Gasteiger partial charge in [0, 0.05) is 25.7 Å². The summed E-state index contributed by atoms with van der Waals surface area (Å²) in [6.45, 7) is 1.14. The number of rotatable bonds is 20. The number of primary amides is 2. The van der Waals surface area contributed by atoms with E-state index in [1.54, 1.807) is 0 Å². The third kappa shape index (κ3) is 14.5. The number of Topliss-reactive ketones (excluding diaryl/α,β-unsaturated/α-hetero) is 1. The Morgan fingerprint density at radius 2 is 0.895 bits per heavy atom. The molecular formula is C22H36N6O10. The molecule has 10 N–H and O–H groups in total. The highest BCUT2D eigenvalue weighted by Gasteiger charge is 2.30. The molecular weight excluding hydrogens is 508 g/mol. The first-order valence-electron chi connectivity index (χ1n) is 11.8. The van der Waals surface area contributed by atoms with Crippen molar-refractivity contribution in [1.29, 1.82) is 0 Å². The van der Waals surface area contributed by atoms with Gasteiger partial charge in [-0.2, -0.15) is 0 Å². The average Bonchev–Trinajstić information content (AvgIpc) is 2.81. The van der Waals surface area contributed by atoms with Gasteiger partial charge in [-0.1, -0.05) is 0 Å². The highest BCUT2D eigenvalue weighted by molar-refractivity contribution is 5.95. The Hall–Kier alpha value is -4.08. The quantitative estimate of drug-likeness (QED) is 0.0758. The molecule has 0 heterocycles. The van der Waals surface area contributed by atoms with Crippen LogP contribution in [0.15, 0.2) is 0 Å². The molecule has 0 bridgehead atoms. The lowest BCUT2D eigenvalue weighted by Gasteiger charge is -2.25. The molecule has 16 nitrogen and oxygen atoms in total. The van der Waals surface area contributed by atoms with Crippen LogP contribution in [0.25, 0.3) is 0 Å². The summed E-state index contributed by atoms with van der Waals surface area (Å²) in [4.78, 5) is 94.6. The SMILES string of the molecule is CN[C@@H](CCC(N)=O)C(=O)N[C@@H](CCC(=O)O)C(=O)N[C@@H](CCC(N)=O)C(=O)N[C@@H](CCC(=O)O)C(C)=O. The number of carboxylic acid groups (broad SMARTS) is 2. The van der Waals surface area contributed by atoms with E-state index in [0.717, 1.165) is 6.92 Å². The zero-order valence-corrected chi connectivity index (χ0v) is 21.3. The first-order valence-corrected chi connectivity index (χ1v) is 11.8. The molecule has 0 saturated carbocycles. The number of ketones is 1. The van der Waals surface area contributed by atoms with E-state index in [9.17, 15) is 38.4 Å². The summed E-state index contributed by atoms with van der Waals surface area (Å²) in [6.07, 6.45) is -2.32. The molecule has 16 heteroatoms. The fraction of sp³-hybridized carbons (Fsp3) is 0.636. The Bertz CT molecular complexity index is 909. The minimum absolute atomic E-state index is 0.00262. The standard InChI is InChI=1S/C22H36N6O10/c1-11(29)12(5-9-18(32)33)26-21(37)14(4-8-17(24)31)28-22(38)15(6-10-19(34)35)27-20(36)13(25-2)3-7-16(23)30/h12-15,25H,3-10H2,1-2H3,(H2,23,30)(H2,24,31)(H,26,37)(H,27,36)(H,28,38)(H,32,33)(H,34,35)/t12-,13-,14-,15-/m0/s1. The molecule has 0 aromatic carbocycles. The van der Waals surface area contributed by atoms with Crippen LogP contribution in [0.3, 0.4) is 0 Å². The zero-order valence-electron chi connectivity index (χ0n) is 21.3. The molecule has 0 aromatic heterocycles. The van der Waals surface area contributed by atoms with Gasteiger partial charge in [0.1, 0.15) is 12.1 Å². The van der Waals surface area contributed by atoms with Gasteiger partial charge in [-0.3, -0.25) is 38.4 Å². The highest BCUT2D eigenvalue weighted by atomic mass is 16.4. The summed E-state index contributed by atoms with van der Waals surface area (Å²) < 4.78 is 0. The normalized spacial score (nSPS) is 13.7. The minimum atomic E-state index is -1.43. The Morgan fingerprint density at radius 1 is 0.579 bits per heavy atom. The number of nitrogens with one attached hydrogen (secondary N) is 4. The van der Waals surface area contributed by atoms with Crippen LogP contribution in [0.5, 0.6) is 0 Å². The van der Waals surface area contributed by atoms with Crippen molar-refractivity contribution >= 4 is 47.3 Å². The van der Waals surface area contributed by atoms with E-state index >= 15 is 0 Å². The topological polar surface area (TPSA) is 277 Å². The lowest BCUT2D eigenvalue weighted by Crippen LogP contribution is -2.57. The van der Waals surface area contributed by atoms with Crippen LogP contribution in [0, 0.1) is 0 Å². The van der Waals surface area contributed by atoms with Gasteiger partial charge in [0.15, 0.2) is 5.78 Å². The monoisotopic (exact) mass is 544 g/mol. The summed E-state index contributed by atoms with van der Waals surface area (Å²) in [5.74, 6) is -7.06. The minimum Gasteiger partial charge on any atom is -0.481 e. The maximum absolute atomic E-state index is 13.0. The van der Waals surface area contributed by atoms with Crippen molar-refractivity contribution in [2.75, 3.05) is 7.05 Å². The maximum atomic E-state index is 13.0. The number of carbonyl (C=O) groups excluding carboxylic acids is 6. The lowest BCUT2D eigenvalue weighted by molar-refractivity contribution is -0.138. The number of carboxylic acids is 2.